The van der Waals surface area contributed by atoms with Crippen molar-refractivity contribution in [2.24, 2.45) is 0 Å². The van der Waals surface area contributed by atoms with Crippen molar-refractivity contribution >= 4 is 22.8 Å². The molecule has 0 aliphatic heterocycles. The number of benzene rings is 1. The van der Waals surface area contributed by atoms with Crippen LogP contribution in [-0.4, -0.2) is 36.7 Å². The van der Waals surface area contributed by atoms with Crippen molar-refractivity contribution in [2.75, 3.05) is 13.7 Å². The molecular formula is C16H19NO5. The van der Waals surface area contributed by atoms with Crippen LogP contribution in [0.4, 0.5) is 0 Å². The number of carbonyl (C=O) groups excluding carboxylic acids is 1. The van der Waals surface area contributed by atoms with Crippen molar-refractivity contribution in [2.45, 2.75) is 26.9 Å². The Kier molecular flexibility index (Phi) is 4.51. The summed E-state index contributed by atoms with van der Waals surface area (Å²) in [4.78, 5) is 23.1. The van der Waals surface area contributed by atoms with E-state index in [2.05, 4.69) is 5.32 Å². The Bertz CT molecular complexity index is 732. The van der Waals surface area contributed by atoms with Crippen LogP contribution in [0.5, 0.6) is 0 Å². The Labute approximate surface area is 128 Å². The summed E-state index contributed by atoms with van der Waals surface area (Å²) in [7, 11) is 1.28. The van der Waals surface area contributed by atoms with Crippen LogP contribution in [0.15, 0.2) is 16.5 Å². The van der Waals surface area contributed by atoms with E-state index in [1.807, 2.05) is 32.9 Å². The van der Waals surface area contributed by atoms with Crippen LogP contribution in [-0.2, 0) is 9.53 Å². The lowest BCUT2D eigenvalue weighted by atomic mass is 10.0. The summed E-state index contributed by atoms with van der Waals surface area (Å²) in [5.41, 5.74) is 3.41. The Hall–Kier alpha value is -2.34. The molecule has 0 radical (unpaired) electrons. The third-order valence-corrected chi connectivity index (χ3v) is 3.70. The van der Waals surface area contributed by atoms with E-state index in [1.54, 1.807) is 0 Å². The van der Waals surface area contributed by atoms with E-state index in [0.717, 1.165) is 22.1 Å². The molecule has 0 fully saturated rings. The largest absolute Gasteiger partial charge is 0.479 e. The first-order chi connectivity index (χ1) is 10.4. The highest BCUT2D eigenvalue weighted by molar-refractivity contribution is 6.00. The number of ether oxygens (including phenoxy) is 1. The number of carboxylic acid groups (broad SMARTS) is 1. The first-order valence-corrected chi connectivity index (χ1v) is 6.90. The summed E-state index contributed by atoms with van der Waals surface area (Å²) in [6, 6.07) is 3.92. The van der Waals surface area contributed by atoms with E-state index >= 15 is 0 Å². The van der Waals surface area contributed by atoms with E-state index in [0.29, 0.717) is 5.58 Å². The average molecular weight is 305 g/mol. The quantitative estimate of drug-likeness (QED) is 0.884. The number of aliphatic carboxylic acids is 1. The first-order valence-electron chi connectivity index (χ1n) is 6.90. The maximum Gasteiger partial charge on any atom is 0.334 e. The lowest BCUT2D eigenvalue weighted by molar-refractivity contribution is -0.148. The molecule has 0 bridgehead atoms. The van der Waals surface area contributed by atoms with Crippen LogP contribution in [0.1, 0.15) is 27.2 Å². The van der Waals surface area contributed by atoms with Gasteiger partial charge in [-0.3, -0.25) is 4.79 Å². The molecule has 22 heavy (non-hydrogen) atoms. The minimum atomic E-state index is -1.13. The number of rotatable bonds is 5. The fraction of sp³-hybridized carbons (Fsp3) is 0.375. The number of amides is 1. The first kappa shape index (κ1) is 16.0. The second-order valence-corrected chi connectivity index (χ2v) is 5.23. The summed E-state index contributed by atoms with van der Waals surface area (Å²) in [5.74, 6) is -1.38. The molecule has 1 aromatic carbocycles. The van der Waals surface area contributed by atoms with E-state index in [9.17, 15) is 9.59 Å². The molecule has 1 unspecified atom stereocenters. The van der Waals surface area contributed by atoms with Crippen molar-refractivity contribution in [1.82, 2.24) is 5.32 Å². The van der Waals surface area contributed by atoms with Crippen LogP contribution < -0.4 is 5.32 Å². The van der Waals surface area contributed by atoms with Gasteiger partial charge >= 0.3 is 5.97 Å². The molecule has 2 rings (SSSR count). The van der Waals surface area contributed by atoms with Gasteiger partial charge < -0.3 is 19.6 Å². The molecule has 6 nitrogen and oxygen atoms in total. The standard InChI is InChI=1S/C16H19NO5/c1-8-5-6-9(2)13-12(8)10(3)14(22-13)15(18)17-7-11(21-4)16(19)20/h5-6,11H,7H2,1-4H3,(H,17,18)(H,19,20). The van der Waals surface area contributed by atoms with Gasteiger partial charge in [-0.2, -0.15) is 0 Å². The van der Waals surface area contributed by atoms with Crippen LogP contribution in [0, 0.1) is 20.8 Å². The highest BCUT2D eigenvalue weighted by Crippen LogP contribution is 2.30. The SMILES string of the molecule is COC(CNC(=O)c1oc2c(C)ccc(C)c2c1C)C(=O)O. The second-order valence-electron chi connectivity index (χ2n) is 5.23. The summed E-state index contributed by atoms with van der Waals surface area (Å²) < 4.78 is 10.5. The zero-order valence-corrected chi connectivity index (χ0v) is 13.0. The predicted molar refractivity (Wildman–Crippen MR) is 81.2 cm³/mol. The van der Waals surface area contributed by atoms with Gasteiger partial charge in [-0.05, 0) is 31.9 Å². The molecule has 0 spiro atoms. The van der Waals surface area contributed by atoms with Gasteiger partial charge in [0.05, 0.1) is 6.54 Å². The highest BCUT2D eigenvalue weighted by Gasteiger charge is 2.22. The maximum absolute atomic E-state index is 12.2. The summed E-state index contributed by atoms with van der Waals surface area (Å²) in [5, 5.41) is 12.4. The van der Waals surface area contributed by atoms with E-state index in [-0.39, 0.29) is 12.3 Å². The van der Waals surface area contributed by atoms with Gasteiger partial charge in [-0.1, -0.05) is 12.1 Å². The number of hydrogen-bond donors (Lipinski definition) is 2. The molecule has 1 atom stereocenters. The third kappa shape index (κ3) is 2.82. The number of nitrogens with one attached hydrogen (secondary N) is 1. The van der Waals surface area contributed by atoms with Gasteiger partial charge in [0.15, 0.2) is 11.9 Å². The molecule has 1 heterocycles. The number of fused-ring (bicyclic) bond motifs is 1. The number of aryl methyl sites for hydroxylation is 3. The van der Waals surface area contributed by atoms with Gasteiger partial charge in [0.2, 0.25) is 0 Å². The van der Waals surface area contributed by atoms with Gasteiger partial charge in [0, 0.05) is 18.1 Å². The Morgan fingerprint density at radius 3 is 2.45 bits per heavy atom. The monoisotopic (exact) mass is 305 g/mol. The van der Waals surface area contributed by atoms with Crippen molar-refractivity contribution in [3.63, 3.8) is 0 Å². The van der Waals surface area contributed by atoms with Crippen molar-refractivity contribution in [1.29, 1.82) is 0 Å². The van der Waals surface area contributed by atoms with Gasteiger partial charge in [0.1, 0.15) is 5.58 Å². The number of furan rings is 1. The van der Waals surface area contributed by atoms with Crippen LogP contribution in [0.3, 0.4) is 0 Å². The van der Waals surface area contributed by atoms with E-state index in [4.69, 9.17) is 14.3 Å². The highest BCUT2D eigenvalue weighted by atomic mass is 16.5. The fourth-order valence-electron chi connectivity index (χ4n) is 2.43. The molecule has 1 aromatic heterocycles. The van der Waals surface area contributed by atoms with Crippen LogP contribution in [0.25, 0.3) is 11.0 Å². The van der Waals surface area contributed by atoms with Gasteiger partial charge in [-0.15, -0.1) is 0 Å². The second kappa shape index (κ2) is 6.19. The van der Waals surface area contributed by atoms with Crippen LogP contribution in [0.2, 0.25) is 0 Å². The molecule has 0 aliphatic carbocycles. The molecule has 2 aromatic rings. The molecule has 118 valence electrons. The Balaban J connectivity index is 2.29. The zero-order chi connectivity index (χ0) is 16.4. The number of hydrogen-bond acceptors (Lipinski definition) is 4. The molecule has 1 amide bonds. The molecular weight excluding hydrogens is 286 g/mol. The molecule has 0 saturated heterocycles. The third-order valence-electron chi connectivity index (χ3n) is 3.70. The van der Waals surface area contributed by atoms with E-state index < -0.39 is 18.0 Å². The topological polar surface area (TPSA) is 88.8 Å². The maximum atomic E-state index is 12.2. The fourth-order valence-corrected chi connectivity index (χ4v) is 2.43. The Morgan fingerprint density at radius 1 is 1.27 bits per heavy atom. The normalized spacial score (nSPS) is 12.4. The summed E-state index contributed by atoms with van der Waals surface area (Å²) in [6.45, 7) is 5.56. The molecule has 6 heteroatoms. The molecule has 0 saturated carbocycles. The summed E-state index contributed by atoms with van der Waals surface area (Å²) in [6.07, 6.45) is -1.09. The lowest BCUT2D eigenvalue weighted by Crippen LogP contribution is -2.37. The minimum absolute atomic E-state index is 0.126. The van der Waals surface area contributed by atoms with Crippen molar-refractivity contribution in [3.8, 4) is 0 Å². The predicted octanol–water partition coefficient (Wildman–Crippen LogP) is 2.19. The zero-order valence-electron chi connectivity index (χ0n) is 13.0. The Morgan fingerprint density at radius 2 is 1.91 bits per heavy atom. The number of carboxylic acids is 1. The van der Waals surface area contributed by atoms with Crippen LogP contribution >= 0.6 is 0 Å². The summed E-state index contributed by atoms with van der Waals surface area (Å²) >= 11 is 0. The van der Waals surface area contributed by atoms with Gasteiger partial charge in [-0.25, -0.2) is 4.79 Å². The van der Waals surface area contributed by atoms with Crippen molar-refractivity contribution < 1.29 is 23.8 Å². The van der Waals surface area contributed by atoms with Crippen molar-refractivity contribution in [3.05, 3.63) is 34.6 Å². The van der Waals surface area contributed by atoms with E-state index in [1.165, 1.54) is 7.11 Å². The smallest absolute Gasteiger partial charge is 0.334 e. The molecule has 2 N–H and O–H groups in total. The average Bonchev–Trinajstić information content (AvgIpc) is 2.82. The number of carbonyl (C=O) groups is 2. The number of methoxy groups -OCH3 is 1. The lowest BCUT2D eigenvalue weighted by Gasteiger charge is -2.10. The van der Waals surface area contributed by atoms with Gasteiger partial charge in [0.25, 0.3) is 5.91 Å². The minimum Gasteiger partial charge on any atom is -0.479 e. The molecule has 0 aliphatic rings.